The SMILES string of the molecule is CCOC(CNCc1ccc(F)cc1C(F)(F)F)OCC. The van der Waals surface area contributed by atoms with Crippen molar-refractivity contribution in [3.05, 3.63) is 35.1 Å². The van der Waals surface area contributed by atoms with Gasteiger partial charge in [0.15, 0.2) is 6.29 Å². The quantitative estimate of drug-likeness (QED) is 0.590. The van der Waals surface area contributed by atoms with Gasteiger partial charge in [-0.1, -0.05) is 6.07 Å². The molecule has 3 nitrogen and oxygen atoms in total. The van der Waals surface area contributed by atoms with E-state index in [0.29, 0.717) is 19.3 Å². The van der Waals surface area contributed by atoms with Crippen LogP contribution in [0.4, 0.5) is 17.6 Å². The minimum absolute atomic E-state index is 0.0179. The first-order chi connectivity index (χ1) is 9.88. The maximum Gasteiger partial charge on any atom is 0.416 e. The molecule has 0 saturated heterocycles. The standard InChI is InChI=1S/C14H19F4NO2/c1-3-20-13(21-4-2)9-19-8-10-5-6-11(15)7-12(10)14(16,17)18/h5-7,13,19H,3-4,8-9H2,1-2H3. The molecule has 0 aliphatic rings. The molecule has 0 amide bonds. The Morgan fingerprint density at radius 2 is 1.76 bits per heavy atom. The molecule has 0 unspecified atom stereocenters. The summed E-state index contributed by atoms with van der Waals surface area (Å²) in [6.07, 6.45) is -5.10. The lowest BCUT2D eigenvalue weighted by molar-refractivity contribution is -0.138. The highest BCUT2D eigenvalue weighted by Crippen LogP contribution is 2.32. The van der Waals surface area contributed by atoms with Gasteiger partial charge in [0, 0.05) is 26.3 Å². The van der Waals surface area contributed by atoms with Crippen molar-refractivity contribution in [1.82, 2.24) is 5.32 Å². The highest BCUT2D eigenvalue weighted by Gasteiger charge is 2.33. The highest BCUT2D eigenvalue weighted by atomic mass is 19.4. The van der Waals surface area contributed by atoms with Crippen molar-refractivity contribution in [2.45, 2.75) is 32.9 Å². The van der Waals surface area contributed by atoms with E-state index in [-0.39, 0.29) is 18.7 Å². The molecule has 1 N–H and O–H groups in total. The van der Waals surface area contributed by atoms with Gasteiger partial charge in [0.2, 0.25) is 0 Å². The maximum atomic E-state index is 13.0. The van der Waals surface area contributed by atoms with Crippen LogP contribution in [0.15, 0.2) is 18.2 Å². The van der Waals surface area contributed by atoms with E-state index in [1.165, 1.54) is 0 Å². The van der Waals surface area contributed by atoms with Gasteiger partial charge in [0.05, 0.1) is 5.56 Å². The first-order valence-electron chi connectivity index (χ1n) is 6.68. The minimum Gasteiger partial charge on any atom is -0.352 e. The van der Waals surface area contributed by atoms with E-state index < -0.39 is 23.8 Å². The lowest BCUT2D eigenvalue weighted by Crippen LogP contribution is -2.31. The van der Waals surface area contributed by atoms with E-state index in [1.54, 1.807) is 13.8 Å². The van der Waals surface area contributed by atoms with Gasteiger partial charge in [-0.25, -0.2) is 4.39 Å². The van der Waals surface area contributed by atoms with E-state index in [1.807, 2.05) is 0 Å². The van der Waals surface area contributed by atoms with Crippen LogP contribution in [0.2, 0.25) is 0 Å². The molecule has 1 aromatic carbocycles. The Morgan fingerprint density at radius 3 is 2.29 bits per heavy atom. The van der Waals surface area contributed by atoms with Crippen molar-refractivity contribution in [2.75, 3.05) is 19.8 Å². The molecule has 1 aromatic rings. The molecule has 0 bridgehead atoms. The Bertz CT molecular complexity index is 431. The molecule has 0 aliphatic heterocycles. The molecule has 0 heterocycles. The summed E-state index contributed by atoms with van der Waals surface area (Å²) in [6.45, 7) is 4.68. The summed E-state index contributed by atoms with van der Waals surface area (Å²) in [6, 6.07) is 2.63. The predicted octanol–water partition coefficient (Wildman–Crippen LogP) is 3.33. The third-order valence-corrected chi connectivity index (χ3v) is 2.71. The second kappa shape index (κ2) is 8.31. The van der Waals surface area contributed by atoms with Crippen LogP contribution in [-0.4, -0.2) is 26.0 Å². The Hall–Kier alpha value is -1.18. The number of nitrogens with one attached hydrogen (secondary N) is 1. The number of rotatable bonds is 8. The highest BCUT2D eigenvalue weighted by molar-refractivity contribution is 5.30. The fourth-order valence-corrected chi connectivity index (χ4v) is 1.83. The molecule has 0 aromatic heterocycles. The zero-order valence-corrected chi connectivity index (χ0v) is 12.0. The second-order valence-corrected chi connectivity index (χ2v) is 4.27. The van der Waals surface area contributed by atoms with Crippen LogP contribution in [0.3, 0.4) is 0 Å². The smallest absolute Gasteiger partial charge is 0.352 e. The lowest BCUT2D eigenvalue weighted by Gasteiger charge is -2.18. The molecule has 0 saturated carbocycles. The van der Waals surface area contributed by atoms with Gasteiger partial charge in [-0.05, 0) is 31.5 Å². The van der Waals surface area contributed by atoms with Crippen LogP contribution in [-0.2, 0) is 22.2 Å². The van der Waals surface area contributed by atoms with Crippen molar-refractivity contribution < 1.29 is 27.0 Å². The van der Waals surface area contributed by atoms with Crippen LogP contribution >= 0.6 is 0 Å². The summed E-state index contributed by atoms with van der Waals surface area (Å²) in [5.74, 6) is -0.910. The molecule has 21 heavy (non-hydrogen) atoms. The van der Waals surface area contributed by atoms with Gasteiger partial charge in [0.1, 0.15) is 5.82 Å². The Morgan fingerprint density at radius 1 is 1.14 bits per heavy atom. The normalized spacial score (nSPS) is 12.1. The fourth-order valence-electron chi connectivity index (χ4n) is 1.83. The van der Waals surface area contributed by atoms with E-state index in [9.17, 15) is 17.6 Å². The van der Waals surface area contributed by atoms with Crippen LogP contribution in [0.25, 0.3) is 0 Å². The van der Waals surface area contributed by atoms with Gasteiger partial charge in [-0.15, -0.1) is 0 Å². The first-order valence-corrected chi connectivity index (χ1v) is 6.68. The second-order valence-electron chi connectivity index (χ2n) is 4.27. The molecular formula is C14H19F4NO2. The average Bonchev–Trinajstić information content (AvgIpc) is 2.39. The molecule has 0 spiro atoms. The molecule has 0 atom stereocenters. The number of ether oxygens (including phenoxy) is 2. The molecular weight excluding hydrogens is 290 g/mol. The van der Waals surface area contributed by atoms with Gasteiger partial charge >= 0.3 is 6.18 Å². The summed E-state index contributed by atoms with van der Waals surface area (Å²) < 4.78 is 61.9. The van der Waals surface area contributed by atoms with Crippen molar-refractivity contribution in [3.63, 3.8) is 0 Å². The van der Waals surface area contributed by atoms with Crippen LogP contribution < -0.4 is 5.32 Å². The Kier molecular flexibility index (Phi) is 7.07. The number of halogens is 4. The molecule has 120 valence electrons. The van der Waals surface area contributed by atoms with Crippen molar-refractivity contribution in [3.8, 4) is 0 Å². The Balaban J connectivity index is 2.66. The number of hydrogen-bond donors (Lipinski definition) is 1. The van der Waals surface area contributed by atoms with Gasteiger partial charge in [0.25, 0.3) is 0 Å². The van der Waals surface area contributed by atoms with E-state index >= 15 is 0 Å². The predicted molar refractivity (Wildman–Crippen MR) is 70.1 cm³/mol. The summed E-state index contributed by atoms with van der Waals surface area (Å²) >= 11 is 0. The van der Waals surface area contributed by atoms with E-state index in [2.05, 4.69) is 5.32 Å². The fraction of sp³-hybridized carbons (Fsp3) is 0.571. The van der Waals surface area contributed by atoms with E-state index in [4.69, 9.17) is 9.47 Å². The topological polar surface area (TPSA) is 30.5 Å². The van der Waals surface area contributed by atoms with Crippen molar-refractivity contribution >= 4 is 0 Å². The molecule has 1 rings (SSSR count). The zero-order valence-electron chi connectivity index (χ0n) is 12.0. The first kappa shape index (κ1) is 17.9. The van der Waals surface area contributed by atoms with Crippen LogP contribution in [0, 0.1) is 5.82 Å². The molecule has 0 radical (unpaired) electrons. The van der Waals surface area contributed by atoms with Crippen LogP contribution in [0.1, 0.15) is 25.0 Å². The summed E-state index contributed by atoms with van der Waals surface area (Å²) in [7, 11) is 0. The van der Waals surface area contributed by atoms with Gasteiger partial charge in [-0.2, -0.15) is 13.2 Å². The van der Waals surface area contributed by atoms with Crippen molar-refractivity contribution in [2.24, 2.45) is 0 Å². The average molecular weight is 309 g/mol. The Labute approximate surface area is 121 Å². The van der Waals surface area contributed by atoms with Crippen LogP contribution in [0.5, 0.6) is 0 Å². The van der Waals surface area contributed by atoms with Gasteiger partial charge in [-0.3, -0.25) is 0 Å². The maximum absolute atomic E-state index is 13.0. The van der Waals surface area contributed by atoms with Crippen molar-refractivity contribution in [1.29, 1.82) is 0 Å². The molecule has 7 heteroatoms. The summed E-state index contributed by atoms with van der Waals surface area (Å²) in [5.41, 5.74) is -0.991. The molecule has 0 aliphatic carbocycles. The summed E-state index contributed by atoms with van der Waals surface area (Å²) in [4.78, 5) is 0. The number of benzene rings is 1. The zero-order chi connectivity index (χ0) is 15.9. The molecule has 0 fully saturated rings. The third kappa shape index (κ3) is 5.99. The third-order valence-electron chi connectivity index (χ3n) is 2.71. The number of alkyl halides is 3. The largest absolute Gasteiger partial charge is 0.416 e. The number of hydrogen-bond acceptors (Lipinski definition) is 3. The lowest BCUT2D eigenvalue weighted by atomic mass is 10.1. The monoisotopic (exact) mass is 309 g/mol. The summed E-state index contributed by atoms with van der Waals surface area (Å²) in [5, 5.41) is 2.83. The minimum atomic E-state index is -4.58. The van der Waals surface area contributed by atoms with E-state index in [0.717, 1.165) is 12.1 Å². The van der Waals surface area contributed by atoms with Gasteiger partial charge < -0.3 is 14.8 Å².